The SMILES string of the molecule is CCCCCCCCCCCCCCCC(=O)OC[C@H](COP(=O)(OCCOc1ccc(C(C)(C)CC(C)(C)C)cc1)OCC[N+](C)(C)C)OC(=O)CCCCCCCCCCCCCCC.[CH3-]. The Bertz CT molecular complexity index is 1400. The minimum Gasteiger partial charge on any atom is -0.491 e. The standard InChI is InChI=1S/C56H105NO9P.CH3/c1-11-13-15-17-19-21-23-25-27-29-31-33-35-37-53(58)62-47-52(66-54(59)38-36-34-32-30-28-26-24-22-20-18-16-14-12-2)48-65-67(60,63-44-43-57(8,9)10)64-46-45-61-51-41-39-50(40-42-51)56(6,7)49-55(3,4)5;/h39-42,52H,11-38,43-49H2,1-10H3;1H3/q+1;-1/t52-,67?;/m1./s1. The summed E-state index contributed by atoms with van der Waals surface area (Å²) in [6.45, 7) is 16.0. The Hall–Kier alpha value is -1.97. The van der Waals surface area contributed by atoms with Crippen LogP contribution in [-0.2, 0) is 42.6 Å². The number of hydrogen-bond acceptors (Lipinski definition) is 9. The number of nitrogens with zero attached hydrogens (tertiary/aromatic N) is 1. The molecular weight excluding hydrogens is 874 g/mol. The zero-order valence-corrected chi connectivity index (χ0v) is 47.1. The van der Waals surface area contributed by atoms with Gasteiger partial charge < -0.3 is 26.1 Å². The molecule has 0 aliphatic rings. The third kappa shape index (κ3) is 38.7. The average molecular weight is 982 g/mol. The first kappa shape index (κ1) is 66.0. The summed E-state index contributed by atoms with van der Waals surface area (Å²) in [7, 11) is 1.90. The lowest BCUT2D eigenvalue weighted by atomic mass is 9.72. The fourth-order valence-electron chi connectivity index (χ4n) is 8.64. The van der Waals surface area contributed by atoms with Gasteiger partial charge in [-0.2, -0.15) is 0 Å². The Balaban J connectivity index is 0.0000449. The third-order valence-electron chi connectivity index (χ3n) is 12.3. The van der Waals surface area contributed by atoms with Gasteiger partial charge in [0.1, 0.15) is 32.1 Å². The van der Waals surface area contributed by atoms with Crippen molar-refractivity contribution in [3.63, 3.8) is 0 Å². The second-order valence-electron chi connectivity index (χ2n) is 22.2. The first-order valence-electron chi connectivity index (χ1n) is 27.3. The van der Waals surface area contributed by atoms with Gasteiger partial charge in [-0.15, -0.1) is 0 Å². The summed E-state index contributed by atoms with van der Waals surface area (Å²) in [6, 6.07) is 8.08. The summed E-state index contributed by atoms with van der Waals surface area (Å²) in [5.41, 5.74) is 1.44. The molecule has 400 valence electrons. The van der Waals surface area contributed by atoms with Crippen molar-refractivity contribution in [2.45, 2.75) is 246 Å². The molecule has 10 nitrogen and oxygen atoms in total. The Morgan fingerprint density at radius 2 is 0.956 bits per heavy atom. The van der Waals surface area contributed by atoms with Crippen LogP contribution >= 0.6 is 7.82 Å². The van der Waals surface area contributed by atoms with E-state index in [1.54, 1.807) is 0 Å². The summed E-state index contributed by atoms with van der Waals surface area (Å²) in [4.78, 5) is 26.0. The molecule has 0 radical (unpaired) electrons. The smallest absolute Gasteiger partial charge is 0.475 e. The van der Waals surface area contributed by atoms with E-state index in [4.69, 9.17) is 27.8 Å². The van der Waals surface area contributed by atoms with Crippen LogP contribution in [0.4, 0.5) is 0 Å². The Morgan fingerprint density at radius 3 is 1.38 bits per heavy atom. The molecular formula is C57H108NO9P. The van der Waals surface area contributed by atoms with E-state index in [1.807, 2.05) is 33.3 Å². The van der Waals surface area contributed by atoms with Gasteiger partial charge in [0.25, 0.3) is 0 Å². The minimum atomic E-state index is -4.14. The molecule has 0 aliphatic carbocycles. The fraction of sp³-hybridized carbons (Fsp3) is 0.842. The van der Waals surface area contributed by atoms with E-state index in [1.165, 1.54) is 134 Å². The highest BCUT2D eigenvalue weighted by molar-refractivity contribution is 7.48. The number of phosphoric ester groups is 1. The average Bonchev–Trinajstić information content (AvgIpc) is 3.25. The Kier molecular flexibility index (Phi) is 38.5. The number of likely N-dealkylation sites (N-methyl/N-ethyl adjacent to an activating group) is 1. The molecule has 0 spiro atoms. The molecule has 0 heterocycles. The van der Waals surface area contributed by atoms with Gasteiger partial charge >= 0.3 is 19.8 Å². The number of carbonyl (C=O) groups is 2. The Morgan fingerprint density at radius 1 is 0.544 bits per heavy atom. The number of esters is 2. The van der Waals surface area contributed by atoms with E-state index < -0.39 is 19.9 Å². The maximum atomic E-state index is 14.1. The van der Waals surface area contributed by atoms with Gasteiger partial charge in [0.05, 0.1) is 34.4 Å². The number of quaternary nitrogens is 1. The highest BCUT2D eigenvalue weighted by Crippen LogP contribution is 2.49. The van der Waals surface area contributed by atoms with E-state index in [-0.39, 0.29) is 63.7 Å². The summed E-state index contributed by atoms with van der Waals surface area (Å²) in [5, 5.41) is 0. The van der Waals surface area contributed by atoms with Gasteiger partial charge in [0, 0.05) is 12.8 Å². The number of unbranched alkanes of at least 4 members (excludes halogenated alkanes) is 24. The maximum absolute atomic E-state index is 14.1. The van der Waals surface area contributed by atoms with Gasteiger partial charge in [-0.05, 0) is 47.8 Å². The van der Waals surface area contributed by atoms with E-state index in [9.17, 15) is 14.2 Å². The van der Waals surface area contributed by atoms with Crippen LogP contribution in [0, 0.1) is 12.8 Å². The van der Waals surface area contributed by atoms with Crippen LogP contribution in [0.5, 0.6) is 5.75 Å². The lowest BCUT2D eigenvalue weighted by molar-refractivity contribution is -0.870. The topological polar surface area (TPSA) is 107 Å². The molecule has 68 heavy (non-hydrogen) atoms. The monoisotopic (exact) mass is 982 g/mol. The number of carbonyl (C=O) groups excluding carboxylic acids is 2. The zero-order chi connectivity index (χ0) is 49.7. The molecule has 1 aromatic rings. The van der Waals surface area contributed by atoms with Crippen molar-refractivity contribution in [1.29, 1.82) is 0 Å². The quantitative estimate of drug-likeness (QED) is 0.0208. The van der Waals surface area contributed by atoms with Crippen molar-refractivity contribution in [3.8, 4) is 5.75 Å². The summed E-state index contributed by atoms with van der Waals surface area (Å²) in [5.74, 6) is -0.0639. The van der Waals surface area contributed by atoms with Gasteiger partial charge in [-0.3, -0.25) is 23.2 Å². The van der Waals surface area contributed by atoms with Crippen LogP contribution in [0.25, 0.3) is 0 Å². The third-order valence-corrected chi connectivity index (χ3v) is 13.8. The summed E-state index contributed by atoms with van der Waals surface area (Å²) < 4.78 is 49.6. The fourth-order valence-corrected chi connectivity index (χ4v) is 9.82. The Labute approximate surface area is 420 Å². The minimum absolute atomic E-state index is 0. The highest BCUT2D eigenvalue weighted by Gasteiger charge is 2.31. The van der Waals surface area contributed by atoms with Crippen LogP contribution < -0.4 is 4.74 Å². The van der Waals surface area contributed by atoms with Gasteiger partial charge in [-0.1, -0.05) is 215 Å². The van der Waals surface area contributed by atoms with Crippen LogP contribution in [0.2, 0.25) is 0 Å². The van der Waals surface area contributed by atoms with Crippen molar-refractivity contribution in [2.75, 3.05) is 60.7 Å². The molecule has 0 N–H and O–H groups in total. The highest BCUT2D eigenvalue weighted by atomic mass is 31.2. The van der Waals surface area contributed by atoms with Crippen LogP contribution in [0.3, 0.4) is 0 Å². The van der Waals surface area contributed by atoms with Crippen molar-refractivity contribution in [1.82, 2.24) is 0 Å². The molecule has 0 bridgehead atoms. The van der Waals surface area contributed by atoms with E-state index in [0.29, 0.717) is 23.2 Å². The predicted octanol–water partition coefficient (Wildman–Crippen LogP) is 16.5. The molecule has 0 fully saturated rings. The molecule has 0 aromatic heterocycles. The van der Waals surface area contributed by atoms with Crippen molar-refractivity contribution >= 4 is 19.8 Å². The predicted molar refractivity (Wildman–Crippen MR) is 285 cm³/mol. The van der Waals surface area contributed by atoms with Gasteiger partial charge in [-0.25, -0.2) is 4.57 Å². The van der Waals surface area contributed by atoms with Crippen molar-refractivity contribution in [2.24, 2.45) is 5.41 Å². The van der Waals surface area contributed by atoms with Gasteiger partial charge in [0.15, 0.2) is 6.10 Å². The van der Waals surface area contributed by atoms with E-state index in [0.717, 1.165) is 44.9 Å². The molecule has 1 aromatic carbocycles. The number of hydrogen-bond donors (Lipinski definition) is 0. The molecule has 1 rings (SSSR count). The van der Waals surface area contributed by atoms with Crippen LogP contribution in [-0.4, -0.2) is 83.2 Å². The van der Waals surface area contributed by atoms with Gasteiger partial charge in [0.2, 0.25) is 0 Å². The normalized spacial score (nSPS) is 13.4. The molecule has 1 unspecified atom stereocenters. The molecule has 11 heteroatoms. The van der Waals surface area contributed by atoms with Crippen molar-refractivity contribution < 1.29 is 46.4 Å². The lowest BCUT2D eigenvalue weighted by Gasteiger charge is -2.33. The molecule has 0 saturated carbocycles. The molecule has 0 aliphatic heterocycles. The van der Waals surface area contributed by atoms with E-state index >= 15 is 0 Å². The molecule has 0 amide bonds. The molecule has 0 saturated heterocycles. The van der Waals surface area contributed by atoms with E-state index in [2.05, 4.69) is 60.6 Å². The number of ether oxygens (including phenoxy) is 3. The summed E-state index contributed by atoms with van der Waals surface area (Å²) in [6.07, 6.45) is 32.4. The first-order chi connectivity index (χ1) is 31.9. The largest absolute Gasteiger partial charge is 0.491 e. The van der Waals surface area contributed by atoms with Crippen LogP contribution in [0.15, 0.2) is 24.3 Å². The number of benzene rings is 1. The second-order valence-corrected chi connectivity index (χ2v) is 23.9. The maximum Gasteiger partial charge on any atom is 0.475 e. The molecule has 2 atom stereocenters. The first-order valence-corrected chi connectivity index (χ1v) is 28.8. The summed E-state index contributed by atoms with van der Waals surface area (Å²) >= 11 is 0. The number of rotatable bonds is 45. The van der Waals surface area contributed by atoms with Crippen LogP contribution in [0.1, 0.15) is 240 Å². The van der Waals surface area contributed by atoms with Crippen molar-refractivity contribution in [3.05, 3.63) is 37.3 Å². The second kappa shape index (κ2) is 39.6. The lowest BCUT2D eigenvalue weighted by Crippen LogP contribution is -2.37. The number of phosphoric acid groups is 1. The zero-order valence-electron chi connectivity index (χ0n) is 46.2.